The fourth-order valence-corrected chi connectivity index (χ4v) is 4.81. The molecule has 148 valence electrons. The largest absolute Gasteiger partial charge is 0.493 e. The fraction of sp³-hybridized carbons (Fsp3) is 0.500. The SMILES string of the molecule is Cc1cc(OC[C@@H]2CCCN(C(C)c3ccc4sc(C)nc4n3)C2)cc(C)n1. The third-order valence-corrected chi connectivity index (χ3v) is 6.37. The standard InChI is InChI=1S/C22H28N4OS/c1-14-10-19(11-15(2)23-14)27-13-18-6-5-9-26(12-18)16(3)20-7-8-21-22(25-20)24-17(4)28-21/h7-8,10-11,16,18H,5-6,9,12-13H2,1-4H3/t16?,18-/m1/s1. The van der Waals surface area contributed by atoms with Crippen molar-refractivity contribution in [2.75, 3.05) is 19.7 Å². The van der Waals surface area contributed by atoms with Gasteiger partial charge in [0.2, 0.25) is 0 Å². The Bertz CT molecular complexity index is 950. The lowest BCUT2D eigenvalue weighted by molar-refractivity contribution is 0.0993. The summed E-state index contributed by atoms with van der Waals surface area (Å²) in [7, 11) is 0. The van der Waals surface area contributed by atoms with Crippen LogP contribution in [0.1, 0.15) is 47.9 Å². The Morgan fingerprint density at radius 1 is 1.14 bits per heavy atom. The van der Waals surface area contributed by atoms with Gasteiger partial charge in [0.1, 0.15) is 5.75 Å². The Kier molecular flexibility index (Phi) is 5.60. The molecular formula is C22H28N4OS. The van der Waals surface area contributed by atoms with Gasteiger partial charge < -0.3 is 4.74 Å². The molecule has 0 amide bonds. The van der Waals surface area contributed by atoms with Crippen molar-refractivity contribution in [2.24, 2.45) is 5.92 Å². The minimum Gasteiger partial charge on any atom is -0.493 e. The topological polar surface area (TPSA) is 51.1 Å². The number of piperidine rings is 1. The van der Waals surface area contributed by atoms with E-state index < -0.39 is 0 Å². The third kappa shape index (κ3) is 4.33. The summed E-state index contributed by atoms with van der Waals surface area (Å²) in [4.78, 5) is 16.3. The molecule has 3 aromatic rings. The number of hydrogen-bond donors (Lipinski definition) is 0. The number of hydrogen-bond acceptors (Lipinski definition) is 6. The zero-order valence-corrected chi connectivity index (χ0v) is 17.9. The van der Waals surface area contributed by atoms with Crippen LogP contribution in [0.5, 0.6) is 5.75 Å². The summed E-state index contributed by atoms with van der Waals surface area (Å²) in [6, 6.07) is 8.65. The molecule has 1 aliphatic heterocycles. The molecule has 0 aromatic carbocycles. The molecule has 2 atom stereocenters. The predicted octanol–water partition coefficient (Wildman–Crippen LogP) is 4.86. The van der Waals surface area contributed by atoms with Gasteiger partial charge in [0.15, 0.2) is 5.65 Å². The fourth-order valence-electron chi connectivity index (χ4n) is 4.04. The van der Waals surface area contributed by atoms with E-state index >= 15 is 0 Å². The first-order valence-corrected chi connectivity index (χ1v) is 10.9. The quantitative estimate of drug-likeness (QED) is 0.616. The summed E-state index contributed by atoms with van der Waals surface area (Å²) in [5, 5.41) is 1.07. The summed E-state index contributed by atoms with van der Waals surface area (Å²) in [6.45, 7) is 11.2. The summed E-state index contributed by atoms with van der Waals surface area (Å²) >= 11 is 1.71. The van der Waals surface area contributed by atoms with Gasteiger partial charge in [-0.3, -0.25) is 9.88 Å². The maximum absolute atomic E-state index is 6.11. The maximum Gasteiger partial charge on any atom is 0.170 e. The molecule has 5 nitrogen and oxygen atoms in total. The molecule has 0 aliphatic carbocycles. The van der Waals surface area contributed by atoms with Crippen LogP contribution in [0.25, 0.3) is 10.3 Å². The van der Waals surface area contributed by atoms with Gasteiger partial charge in [-0.25, -0.2) is 9.97 Å². The first-order valence-electron chi connectivity index (χ1n) is 10.0. The van der Waals surface area contributed by atoms with Gasteiger partial charge in [-0.05, 0) is 59.2 Å². The second kappa shape index (κ2) is 8.13. The van der Waals surface area contributed by atoms with Crippen molar-refractivity contribution in [3.8, 4) is 5.75 Å². The van der Waals surface area contributed by atoms with Gasteiger partial charge in [-0.15, -0.1) is 11.3 Å². The maximum atomic E-state index is 6.11. The van der Waals surface area contributed by atoms with Crippen LogP contribution in [0, 0.1) is 26.7 Å². The molecule has 1 aliphatic rings. The highest BCUT2D eigenvalue weighted by molar-refractivity contribution is 7.18. The van der Waals surface area contributed by atoms with Gasteiger partial charge in [0, 0.05) is 42.0 Å². The molecule has 1 unspecified atom stereocenters. The van der Waals surface area contributed by atoms with Crippen LogP contribution in [0.3, 0.4) is 0 Å². The lowest BCUT2D eigenvalue weighted by Crippen LogP contribution is -2.39. The lowest BCUT2D eigenvalue weighted by Gasteiger charge is -2.36. The van der Waals surface area contributed by atoms with Crippen molar-refractivity contribution in [3.63, 3.8) is 0 Å². The van der Waals surface area contributed by atoms with Crippen LogP contribution in [0.2, 0.25) is 0 Å². The normalized spacial score (nSPS) is 19.1. The molecule has 28 heavy (non-hydrogen) atoms. The van der Waals surface area contributed by atoms with Crippen LogP contribution >= 0.6 is 11.3 Å². The number of fused-ring (bicyclic) bond motifs is 1. The van der Waals surface area contributed by atoms with E-state index in [9.17, 15) is 0 Å². The van der Waals surface area contributed by atoms with Crippen molar-refractivity contribution < 1.29 is 4.74 Å². The van der Waals surface area contributed by atoms with Gasteiger partial charge in [-0.1, -0.05) is 0 Å². The van der Waals surface area contributed by atoms with E-state index in [1.807, 2.05) is 32.9 Å². The number of ether oxygens (including phenoxy) is 1. The van der Waals surface area contributed by atoms with Gasteiger partial charge in [-0.2, -0.15) is 0 Å². The predicted molar refractivity (Wildman–Crippen MR) is 114 cm³/mol. The summed E-state index contributed by atoms with van der Waals surface area (Å²) < 4.78 is 7.28. The molecule has 1 fully saturated rings. The summed E-state index contributed by atoms with van der Waals surface area (Å²) in [5.74, 6) is 1.47. The van der Waals surface area contributed by atoms with Crippen LogP contribution in [0.15, 0.2) is 24.3 Å². The highest BCUT2D eigenvalue weighted by atomic mass is 32.1. The van der Waals surface area contributed by atoms with Crippen molar-refractivity contribution in [1.29, 1.82) is 0 Å². The average molecular weight is 397 g/mol. The van der Waals surface area contributed by atoms with Crippen molar-refractivity contribution in [2.45, 2.75) is 46.6 Å². The van der Waals surface area contributed by atoms with Gasteiger partial charge in [0.25, 0.3) is 0 Å². The molecule has 0 bridgehead atoms. The average Bonchev–Trinajstić information content (AvgIpc) is 3.04. The monoisotopic (exact) mass is 396 g/mol. The Morgan fingerprint density at radius 2 is 1.93 bits per heavy atom. The van der Waals surface area contributed by atoms with E-state index in [1.165, 1.54) is 17.5 Å². The number of rotatable bonds is 5. The Balaban J connectivity index is 1.40. The van der Waals surface area contributed by atoms with Gasteiger partial charge in [0.05, 0.1) is 22.0 Å². The van der Waals surface area contributed by atoms with Crippen LogP contribution in [-0.2, 0) is 0 Å². The van der Waals surface area contributed by atoms with E-state index in [2.05, 4.69) is 33.9 Å². The Labute approximate surface area is 170 Å². The van der Waals surface area contributed by atoms with Crippen LogP contribution < -0.4 is 4.74 Å². The molecular weight excluding hydrogens is 368 g/mol. The zero-order chi connectivity index (χ0) is 19.7. The molecule has 0 saturated carbocycles. The van der Waals surface area contributed by atoms with Crippen LogP contribution in [-0.4, -0.2) is 39.5 Å². The van der Waals surface area contributed by atoms with E-state index in [-0.39, 0.29) is 0 Å². The summed E-state index contributed by atoms with van der Waals surface area (Å²) in [5.41, 5.74) is 4.01. The number of nitrogens with zero attached hydrogens (tertiary/aromatic N) is 4. The lowest BCUT2D eigenvalue weighted by atomic mass is 9.97. The van der Waals surface area contributed by atoms with E-state index in [0.717, 1.165) is 53.2 Å². The number of likely N-dealkylation sites (tertiary alicyclic amines) is 1. The molecule has 1 saturated heterocycles. The molecule has 3 aromatic heterocycles. The first kappa shape index (κ1) is 19.3. The zero-order valence-electron chi connectivity index (χ0n) is 17.1. The Hall–Kier alpha value is -2.05. The second-order valence-electron chi connectivity index (χ2n) is 7.87. The first-order chi connectivity index (χ1) is 13.5. The molecule has 0 spiro atoms. The minimum atomic E-state index is 0.291. The van der Waals surface area contributed by atoms with E-state index in [0.29, 0.717) is 12.0 Å². The van der Waals surface area contributed by atoms with Crippen molar-refractivity contribution >= 4 is 21.7 Å². The molecule has 0 radical (unpaired) electrons. The molecule has 6 heteroatoms. The second-order valence-corrected chi connectivity index (χ2v) is 9.10. The van der Waals surface area contributed by atoms with E-state index in [4.69, 9.17) is 9.72 Å². The molecule has 4 heterocycles. The number of thiazole rings is 1. The molecule has 4 rings (SSSR count). The third-order valence-electron chi connectivity index (χ3n) is 5.45. The van der Waals surface area contributed by atoms with E-state index in [1.54, 1.807) is 11.3 Å². The molecule has 0 N–H and O–H groups in total. The highest BCUT2D eigenvalue weighted by Gasteiger charge is 2.26. The Morgan fingerprint density at radius 3 is 2.71 bits per heavy atom. The summed E-state index contributed by atoms with van der Waals surface area (Å²) in [6.07, 6.45) is 2.41. The van der Waals surface area contributed by atoms with Crippen molar-refractivity contribution in [3.05, 3.63) is 46.4 Å². The van der Waals surface area contributed by atoms with Crippen molar-refractivity contribution in [1.82, 2.24) is 19.9 Å². The minimum absolute atomic E-state index is 0.291. The highest BCUT2D eigenvalue weighted by Crippen LogP contribution is 2.28. The number of aromatic nitrogens is 3. The number of pyridine rings is 2. The smallest absolute Gasteiger partial charge is 0.170 e. The van der Waals surface area contributed by atoms with Crippen LogP contribution in [0.4, 0.5) is 0 Å². The number of aryl methyl sites for hydroxylation is 3. The van der Waals surface area contributed by atoms with Gasteiger partial charge >= 0.3 is 0 Å².